The number of rotatable bonds is 5. The summed E-state index contributed by atoms with van der Waals surface area (Å²) in [6.45, 7) is 4.21. The van der Waals surface area contributed by atoms with Gasteiger partial charge in [0.25, 0.3) is 0 Å². The van der Waals surface area contributed by atoms with E-state index in [1.165, 1.54) is 12.8 Å². The standard InChI is InChI=1S/C17H25ClN2O/c1-13(15-5-3-4-6-16(15)18)20(2)17(21)8-7-14-9-11-19-12-10-14/h3-6,13-14,19H,7-12H2,1-2H3. The second kappa shape index (κ2) is 7.81. The Morgan fingerprint density at radius 1 is 1.38 bits per heavy atom. The highest BCUT2D eigenvalue weighted by molar-refractivity contribution is 6.31. The number of benzene rings is 1. The lowest BCUT2D eigenvalue weighted by Crippen LogP contribution is -2.31. The smallest absolute Gasteiger partial charge is 0.222 e. The van der Waals surface area contributed by atoms with Crippen molar-refractivity contribution in [1.82, 2.24) is 10.2 Å². The molecular weight excluding hydrogens is 284 g/mol. The molecule has 1 aliphatic rings. The van der Waals surface area contributed by atoms with Gasteiger partial charge in [0.15, 0.2) is 0 Å². The minimum atomic E-state index is 0.0132. The van der Waals surface area contributed by atoms with Gasteiger partial charge in [-0.3, -0.25) is 4.79 Å². The quantitative estimate of drug-likeness (QED) is 0.900. The van der Waals surface area contributed by atoms with Gasteiger partial charge in [-0.15, -0.1) is 0 Å². The van der Waals surface area contributed by atoms with Crippen LogP contribution in [0.15, 0.2) is 24.3 Å². The van der Waals surface area contributed by atoms with Crippen LogP contribution in [0, 0.1) is 5.92 Å². The van der Waals surface area contributed by atoms with Crippen LogP contribution in [-0.4, -0.2) is 30.9 Å². The first-order valence-corrected chi connectivity index (χ1v) is 8.18. The molecule has 1 N–H and O–H groups in total. The maximum absolute atomic E-state index is 12.4. The van der Waals surface area contributed by atoms with Crippen LogP contribution >= 0.6 is 11.6 Å². The predicted octanol–water partition coefficient (Wildman–Crippen LogP) is 3.64. The molecule has 1 fully saturated rings. The number of hydrogen-bond acceptors (Lipinski definition) is 2. The van der Waals surface area contributed by atoms with Crippen molar-refractivity contribution in [3.05, 3.63) is 34.9 Å². The highest BCUT2D eigenvalue weighted by atomic mass is 35.5. The van der Waals surface area contributed by atoms with Crippen molar-refractivity contribution in [2.45, 2.75) is 38.6 Å². The third-order valence-corrected chi connectivity index (χ3v) is 4.90. The summed E-state index contributed by atoms with van der Waals surface area (Å²) in [6.07, 6.45) is 4.02. The van der Waals surface area contributed by atoms with E-state index in [-0.39, 0.29) is 11.9 Å². The van der Waals surface area contributed by atoms with E-state index in [0.29, 0.717) is 12.3 Å². The lowest BCUT2D eigenvalue weighted by molar-refractivity contribution is -0.132. The van der Waals surface area contributed by atoms with E-state index in [0.717, 1.165) is 30.1 Å². The van der Waals surface area contributed by atoms with Gasteiger partial charge in [-0.2, -0.15) is 0 Å². The second-order valence-electron chi connectivity index (χ2n) is 5.93. The highest BCUT2D eigenvalue weighted by Crippen LogP contribution is 2.27. The van der Waals surface area contributed by atoms with Gasteiger partial charge in [0.1, 0.15) is 0 Å². The maximum atomic E-state index is 12.4. The van der Waals surface area contributed by atoms with Crippen molar-refractivity contribution in [1.29, 1.82) is 0 Å². The van der Waals surface area contributed by atoms with Crippen molar-refractivity contribution in [2.75, 3.05) is 20.1 Å². The van der Waals surface area contributed by atoms with Gasteiger partial charge in [0.05, 0.1) is 6.04 Å². The van der Waals surface area contributed by atoms with Crippen LogP contribution < -0.4 is 5.32 Å². The Labute approximate surface area is 132 Å². The Balaban J connectivity index is 1.88. The number of nitrogens with one attached hydrogen (secondary N) is 1. The molecule has 0 aromatic heterocycles. The number of piperidine rings is 1. The lowest BCUT2D eigenvalue weighted by atomic mass is 9.93. The summed E-state index contributed by atoms with van der Waals surface area (Å²) in [4.78, 5) is 14.2. The first-order valence-electron chi connectivity index (χ1n) is 7.80. The van der Waals surface area contributed by atoms with E-state index >= 15 is 0 Å². The monoisotopic (exact) mass is 308 g/mol. The van der Waals surface area contributed by atoms with E-state index in [4.69, 9.17) is 11.6 Å². The number of carbonyl (C=O) groups is 1. The molecule has 1 heterocycles. The lowest BCUT2D eigenvalue weighted by Gasteiger charge is -2.28. The van der Waals surface area contributed by atoms with E-state index < -0.39 is 0 Å². The van der Waals surface area contributed by atoms with Gasteiger partial charge in [0.2, 0.25) is 5.91 Å². The molecule has 1 aromatic carbocycles. The molecule has 0 spiro atoms. The van der Waals surface area contributed by atoms with Crippen molar-refractivity contribution in [3.63, 3.8) is 0 Å². The van der Waals surface area contributed by atoms with Crippen molar-refractivity contribution >= 4 is 17.5 Å². The largest absolute Gasteiger partial charge is 0.339 e. The van der Waals surface area contributed by atoms with Crippen LogP contribution in [0.1, 0.15) is 44.2 Å². The molecule has 0 saturated carbocycles. The summed E-state index contributed by atoms with van der Waals surface area (Å²) in [7, 11) is 1.87. The third-order valence-electron chi connectivity index (χ3n) is 4.55. The molecule has 0 radical (unpaired) electrons. The average molecular weight is 309 g/mol. The summed E-state index contributed by atoms with van der Waals surface area (Å²) in [5, 5.41) is 4.09. The molecule has 1 aliphatic heterocycles. The zero-order valence-corrected chi connectivity index (χ0v) is 13.7. The van der Waals surface area contributed by atoms with Gasteiger partial charge >= 0.3 is 0 Å². The van der Waals surface area contributed by atoms with E-state index in [9.17, 15) is 4.79 Å². The molecule has 2 rings (SSSR count). The number of nitrogens with zero attached hydrogens (tertiary/aromatic N) is 1. The number of hydrogen-bond donors (Lipinski definition) is 1. The highest BCUT2D eigenvalue weighted by Gasteiger charge is 2.21. The molecule has 4 heteroatoms. The number of amides is 1. The fourth-order valence-electron chi connectivity index (χ4n) is 2.91. The Kier molecular flexibility index (Phi) is 6.07. The summed E-state index contributed by atoms with van der Waals surface area (Å²) < 4.78 is 0. The normalized spacial score (nSPS) is 17.5. The van der Waals surface area contributed by atoms with Crippen molar-refractivity contribution in [2.24, 2.45) is 5.92 Å². The molecule has 1 aromatic rings. The van der Waals surface area contributed by atoms with E-state index in [2.05, 4.69) is 5.32 Å². The Morgan fingerprint density at radius 2 is 2.05 bits per heavy atom. The number of carbonyl (C=O) groups excluding carboxylic acids is 1. The number of halogens is 1. The minimum Gasteiger partial charge on any atom is -0.339 e. The Bertz CT molecular complexity index is 472. The Morgan fingerprint density at radius 3 is 2.71 bits per heavy atom. The second-order valence-corrected chi connectivity index (χ2v) is 6.34. The van der Waals surface area contributed by atoms with Crippen molar-refractivity contribution in [3.8, 4) is 0 Å². The molecule has 1 saturated heterocycles. The predicted molar refractivity (Wildman–Crippen MR) is 87.5 cm³/mol. The van der Waals surface area contributed by atoms with Crippen LogP contribution in [0.3, 0.4) is 0 Å². The first kappa shape index (κ1) is 16.3. The van der Waals surface area contributed by atoms with Gasteiger partial charge in [-0.1, -0.05) is 29.8 Å². The fraction of sp³-hybridized carbons (Fsp3) is 0.588. The molecule has 0 aliphatic carbocycles. The Hall–Kier alpha value is -1.06. The molecule has 116 valence electrons. The minimum absolute atomic E-state index is 0.0132. The van der Waals surface area contributed by atoms with Crippen LogP contribution in [0.25, 0.3) is 0 Å². The molecule has 1 unspecified atom stereocenters. The van der Waals surface area contributed by atoms with Crippen molar-refractivity contribution < 1.29 is 4.79 Å². The fourth-order valence-corrected chi connectivity index (χ4v) is 3.21. The van der Waals surface area contributed by atoms with Gasteiger partial charge in [-0.05, 0) is 56.8 Å². The molecule has 21 heavy (non-hydrogen) atoms. The molecule has 0 bridgehead atoms. The zero-order chi connectivity index (χ0) is 15.2. The van der Waals surface area contributed by atoms with Gasteiger partial charge in [-0.25, -0.2) is 0 Å². The molecule has 3 nitrogen and oxygen atoms in total. The summed E-state index contributed by atoms with van der Waals surface area (Å²) >= 11 is 6.22. The van der Waals surface area contributed by atoms with Crippen LogP contribution in [0.2, 0.25) is 5.02 Å². The van der Waals surface area contributed by atoms with Crippen LogP contribution in [0.5, 0.6) is 0 Å². The zero-order valence-electron chi connectivity index (χ0n) is 12.9. The van der Waals surface area contributed by atoms with E-state index in [1.807, 2.05) is 43.1 Å². The van der Waals surface area contributed by atoms with Gasteiger partial charge < -0.3 is 10.2 Å². The first-order chi connectivity index (χ1) is 10.1. The summed E-state index contributed by atoms with van der Waals surface area (Å²) in [5.41, 5.74) is 1.01. The summed E-state index contributed by atoms with van der Waals surface area (Å²) in [5.74, 6) is 0.903. The molecular formula is C17H25ClN2O. The summed E-state index contributed by atoms with van der Waals surface area (Å²) in [6, 6.07) is 7.76. The van der Waals surface area contributed by atoms with Crippen LogP contribution in [-0.2, 0) is 4.79 Å². The van der Waals surface area contributed by atoms with Crippen LogP contribution in [0.4, 0.5) is 0 Å². The SMILES string of the molecule is CC(c1ccccc1Cl)N(C)C(=O)CCC1CCNCC1. The van der Waals surface area contributed by atoms with Gasteiger partial charge in [0, 0.05) is 18.5 Å². The molecule has 1 atom stereocenters. The molecule has 1 amide bonds. The van der Waals surface area contributed by atoms with E-state index in [1.54, 1.807) is 0 Å². The topological polar surface area (TPSA) is 32.3 Å². The maximum Gasteiger partial charge on any atom is 0.222 e. The average Bonchev–Trinajstić information content (AvgIpc) is 2.52. The third kappa shape index (κ3) is 4.45.